The smallest absolute Gasteiger partial charge is 0.206 e. The molecule has 0 saturated heterocycles. The van der Waals surface area contributed by atoms with E-state index in [4.69, 9.17) is 0 Å². The highest BCUT2D eigenvalue weighted by Crippen LogP contribution is 2.43. The summed E-state index contributed by atoms with van der Waals surface area (Å²) in [6.45, 7) is 2.12. The lowest BCUT2D eigenvalue weighted by atomic mass is 9.98. The highest BCUT2D eigenvalue weighted by Gasteiger charge is 2.46. The number of hydrogen-bond acceptors (Lipinski definition) is 0. The highest BCUT2D eigenvalue weighted by atomic mass is 19.4. The number of alkyl halides is 6. The molecule has 1 aromatic rings. The third-order valence-electron chi connectivity index (χ3n) is 2.36. The average Bonchev–Trinajstić information content (AvgIpc) is 2.09. The van der Waals surface area contributed by atoms with Crippen molar-refractivity contribution in [3.8, 4) is 0 Å². The van der Waals surface area contributed by atoms with Crippen LogP contribution in [0.3, 0.4) is 0 Å². The van der Waals surface area contributed by atoms with Crippen molar-refractivity contribution in [2.75, 3.05) is 0 Å². The minimum Gasteiger partial charge on any atom is -0.206 e. The molecule has 0 aliphatic heterocycles. The lowest BCUT2D eigenvalue weighted by Gasteiger charge is -2.18. The maximum atomic E-state index is 13.3. The molecule has 0 aliphatic carbocycles. The zero-order valence-electron chi connectivity index (χ0n) is 8.72. The molecular weight excluding hydrogens is 253 g/mol. The van der Waals surface area contributed by atoms with Crippen LogP contribution in [0.4, 0.5) is 30.7 Å². The summed E-state index contributed by atoms with van der Waals surface area (Å²) in [4.78, 5) is 0. The Kier molecular flexibility index (Phi) is 3.15. The van der Waals surface area contributed by atoms with Crippen LogP contribution < -0.4 is 0 Å². The van der Waals surface area contributed by atoms with Crippen molar-refractivity contribution in [3.63, 3.8) is 0 Å². The molecule has 1 rings (SSSR count). The minimum absolute atomic E-state index is 0.178. The third kappa shape index (κ3) is 2.53. The second-order valence-electron chi connectivity index (χ2n) is 3.55. The Morgan fingerprint density at radius 3 is 1.71 bits per heavy atom. The Hall–Kier alpha value is -1.27. The zero-order chi connectivity index (χ0) is 13.6. The molecule has 17 heavy (non-hydrogen) atoms. The van der Waals surface area contributed by atoms with Gasteiger partial charge in [-0.15, -0.1) is 0 Å². The first-order valence-electron chi connectivity index (χ1n) is 4.40. The van der Waals surface area contributed by atoms with Crippen molar-refractivity contribution in [2.45, 2.75) is 26.2 Å². The molecule has 0 saturated carbocycles. The van der Waals surface area contributed by atoms with Crippen LogP contribution in [0.15, 0.2) is 6.07 Å². The molecule has 0 bridgehead atoms. The molecule has 0 unspecified atom stereocenters. The number of benzene rings is 1. The molecule has 7 heteroatoms. The van der Waals surface area contributed by atoms with Gasteiger partial charge in [0.25, 0.3) is 0 Å². The normalized spacial score (nSPS) is 13.0. The van der Waals surface area contributed by atoms with Gasteiger partial charge in [-0.05, 0) is 31.0 Å². The van der Waals surface area contributed by atoms with Crippen LogP contribution in [0.2, 0.25) is 0 Å². The Morgan fingerprint density at radius 1 is 0.882 bits per heavy atom. The Bertz CT molecular complexity index is 439. The summed E-state index contributed by atoms with van der Waals surface area (Å²) in [5.41, 5.74) is -4.87. The van der Waals surface area contributed by atoms with E-state index in [0.29, 0.717) is 6.07 Å². The van der Waals surface area contributed by atoms with Crippen LogP contribution in [0.5, 0.6) is 0 Å². The number of hydrogen-bond donors (Lipinski definition) is 0. The number of halogens is 7. The van der Waals surface area contributed by atoms with Gasteiger partial charge in [0.15, 0.2) is 0 Å². The first kappa shape index (κ1) is 13.8. The predicted molar refractivity (Wildman–Crippen MR) is 45.9 cm³/mol. The fourth-order valence-corrected chi connectivity index (χ4v) is 1.38. The standard InChI is InChI=1S/C10H7F7/c1-4-3-6(9(12,13)14)7(10(15,16)17)8(11)5(4)2/h3H,1-2H3. The molecule has 1 aromatic carbocycles. The van der Waals surface area contributed by atoms with E-state index in [1.54, 1.807) is 0 Å². The maximum Gasteiger partial charge on any atom is 0.419 e. The Balaban J connectivity index is 3.71. The van der Waals surface area contributed by atoms with E-state index in [1.807, 2.05) is 0 Å². The van der Waals surface area contributed by atoms with Gasteiger partial charge in [0.1, 0.15) is 11.4 Å². The monoisotopic (exact) mass is 260 g/mol. The second-order valence-corrected chi connectivity index (χ2v) is 3.55. The summed E-state index contributed by atoms with van der Waals surface area (Å²) >= 11 is 0. The van der Waals surface area contributed by atoms with Crippen LogP contribution in [0.25, 0.3) is 0 Å². The van der Waals surface area contributed by atoms with Gasteiger partial charge < -0.3 is 0 Å². The van der Waals surface area contributed by atoms with Gasteiger partial charge in [-0.2, -0.15) is 26.3 Å². The van der Waals surface area contributed by atoms with Crippen LogP contribution in [-0.2, 0) is 12.4 Å². The van der Waals surface area contributed by atoms with E-state index in [1.165, 1.54) is 0 Å². The first-order valence-corrected chi connectivity index (χ1v) is 4.40. The van der Waals surface area contributed by atoms with Crippen LogP contribution in [0.1, 0.15) is 22.3 Å². The van der Waals surface area contributed by atoms with Gasteiger partial charge in [0, 0.05) is 0 Å². The molecule has 0 spiro atoms. The zero-order valence-corrected chi connectivity index (χ0v) is 8.72. The number of rotatable bonds is 0. The fraction of sp³-hybridized carbons (Fsp3) is 0.400. The molecule has 0 nitrogen and oxygen atoms in total. The van der Waals surface area contributed by atoms with Gasteiger partial charge in [-0.1, -0.05) is 0 Å². The van der Waals surface area contributed by atoms with Gasteiger partial charge in [0.2, 0.25) is 0 Å². The van der Waals surface area contributed by atoms with E-state index in [9.17, 15) is 30.7 Å². The minimum atomic E-state index is -5.38. The molecule has 96 valence electrons. The lowest BCUT2D eigenvalue weighted by molar-refractivity contribution is -0.164. The van der Waals surface area contributed by atoms with E-state index >= 15 is 0 Å². The predicted octanol–water partition coefficient (Wildman–Crippen LogP) is 4.48. The molecule has 0 aliphatic rings. The van der Waals surface area contributed by atoms with Crippen molar-refractivity contribution in [1.82, 2.24) is 0 Å². The van der Waals surface area contributed by atoms with Crippen molar-refractivity contribution in [3.05, 3.63) is 34.1 Å². The largest absolute Gasteiger partial charge is 0.419 e. The summed E-state index contributed by atoms with van der Waals surface area (Å²) < 4.78 is 87.8. The molecule has 0 aromatic heterocycles. The summed E-state index contributed by atoms with van der Waals surface area (Å²) in [5.74, 6) is -1.87. The number of aryl methyl sites for hydroxylation is 1. The van der Waals surface area contributed by atoms with Crippen LogP contribution in [-0.4, -0.2) is 0 Å². The molecule has 0 radical (unpaired) electrons. The second kappa shape index (κ2) is 3.89. The molecular formula is C10H7F7. The van der Waals surface area contributed by atoms with Crippen molar-refractivity contribution in [2.24, 2.45) is 0 Å². The van der Waals surface area contributed by atoms with Gasteiger partial charge in [-0.3, -0.25) is 0 Å². The van der Waals surface area contributed by atoms with Crippen molar-refractivity contribution < 1.29 is 30.7 Å². The maximum absolute atomic E-state index is 13.3. The van der Waals surface area contributed by atoms with E-state index < -0.39 is 34.9 Å². The third-order valence-corrected chi connectivity index (χ3v) is 2.36. The molecule has 0 fully saturated rings. The Morgan fingerprint density at radius 2 is 1.35 bits per heavy atom. The summed E-state index contributed by atoms with van der Waals surface area (Å²) in [6.07, 6.45) is -10.6. The lowest BCUT2D eigenvalue weighted by Crippen LogP contribution is -2.20. The van der Waals surface area contributed by atoms with Gasteiger partial charge >= 0.3 is 12.4 Å². The molecule has 0 atom stereocenters. The van der Waals surface area contributed by atoms with Crippen LogP contribution in [0, 0.1) is 19.7 Å². The molecule has 0 amide bonds. The first-order chi connectivity index (χ1) is 7.46. The average molecular weight is 260 g/mol. The van der Waals surface area contributed by atoms with E-state index in [2.05, 4.69) is 0 Å². The molecule has 0 heterocycles. The summed E-state index contributed by atoms with van der Waals surface area (Å²) in [6, 6.07) is 0.307. The molecule has 0 N–H and O–H groups in total. The van der Waals surface area contributed by atoms with Crippen LogP contribution >= 0.6 is 0 Å². The van der Waals surface area contributed by atoms with Gasteiger partial charge in [0.05, 0.1) is 5.56 Å². The van der Waals surface area contributed by atoms with E-state index in [-0.39, 0.29) is 5.56 Å². The quantitative estimate of drug-likeness (QED) is 0.603. The van der Waals surface area contributed by atoms with Crippen molar-refractivity contribution in [1.29, 1.82) is 0 Å². The van der Waals surface area contributed by atoms with Gasteiger partial charge in [-0.25, -0.2) is 4.39 Å². The Labute approximate surface area is 92.0 Å². The highest BCUT2D eigenvalue weighted by molar-refractivity contribution is 5.42. The van der Waals surface area contributed by atoms with E-state index in [0.717, 1.165) is 13.8 Å². The topological polar surface area (TPSA) is 0 Å². The summed E-state index contributed by atoms with van der Waals surface area (Å²) in [5, 5.41) is 0. The fourth-order valence-electron chi connectivity index (χ4n) is 1.38. The van der Waals surface area contributed by atoms with Crippen molar-refractivity contribution >= 4 is 0 Å². The SMILES string of the molecule is Cc1cc(C(F)(F)F)c(C(F)(F)F)c(F)c1C. The summed E-state index contributed by atoms with van der Waals surface area (Å²) in [7, 11) is 0.